The molecule has 2 aromatic carbocycles. The van der Waals surface area contributed by atoms with E-state index in [0.717, 1.165) is 18.3 Å². The zero-order valence-electron chi connectivity index (χ0n) is 10.0. The van der Waals surface area contributed by atoms with Crippen LogP contribution in [0.5, 0.6) is 5.75 Å². The van der Waals surface area contributed by atoms with Crippen LogP contribution in [0.1, 0.15) is 16.7 Å². The van der Waals surface area contributed by atoms with E-state index in [9.17, 15) is 0 Å². The Bertz CT molecular complexity index is 477. The van der Waals surface area contributed by atoms with E-state index in [1.165, 1.54) is 16.7 Å². The predicted molar refractivity (Wildman–Crippen MR) is 75.7 cm³/mol. The summed E-state index contributed by atoms with van der Waals surface area (Å²) >= 11 is 0. The number of rotatable bonds is 4. The molecule has 0 aliphatic carbocycles. The van der Waals surface area contributed by atoms with Crippen molar-refractivity contribution >= 4 is 9.24 Å². The van der Waals surface area contributed by atoms with Crippen molar-refractivity contribution in [2.45, 2.75) is 12.6 Å². The molecule has 0 radical (unpaired) electrons. The molecule has 0 saturated carbocycles. The molecular formula is C15H17OP. The van der Waals surface area contributed by atoms with E-state index < -0.39 is 0 Å². The van der Waals surface area contributed by atoms with Gasteiger partial charge < -0.3 is 4.74 Å². The van der Waals surface area contributed by atoms with E-state index in [-0.39, 0.29) is 0 Å². The molecule has 2 heteroatoms. The fourth-order valence-electron chi connectivity index (χ4n) is 1.89. The van der Waals surface area contributed by atoms with Gasteiger partial charge in [0.2, 0.25) is 0 Å². The fraction of sp³-hybridized carbons (Fsp3) is 0.200. The van der Waals surface area contributed by atoms with Crippen LogP contribution in [-0.4, -0.2) is 7.11 Å². The Morgan fingerprint density at radius 3 is 2.18 bits per heavy atom. The number of methoxy groups -OCH3 is 1. The molecule has 0 aliphatic rings. The molecule has 0 amide bonds. The first kappa shape index (κ1) is 12.1. The van der Waals surface area contributed by atoms with Crippen molar-refractivity contribution in [3.63, 3.8) is 0 Å². The Morgan fingerprint density at radius 2 is 1.59 bits per heavy atom. The van der Waals surface area contributed by atoms with Crippen LogP contribution in [0, 0.1) is 0 Å². The summed E-state index contributed by atoms with van der Waals surface area (Å²) in [4.78, 5) is 0. The van der Waals surface area contributed by atoms with E-state index in [2.05, 4.69) is 45.6 Å². The van der Waals surface area contributed by atoms with Crippen LogP contribution >= 0.6 is 9.24 Å². The Kier molecular flexibility index (Phi) is 4.17. The van der Waals surface area contributed by atoms with Gasteiger partial charge in [-0.25, -0.2) is 0 Å². The maximum atomic E-state index is 5.16. The molecule has 1 nitrogen and oxygen atoms in total. The first-order valence-corrected chi connectivity index (χ1v) is 6.55. The predicted octanol–water partition coefficient (Wildman–Crippen LogP) is 3.66. The van der Waals surface area contributed by atoms with Gasteiger partial charge in [-0.2, -0.15) is 0 Å². The molecule has 2 aromatic rings. The van der Waals surface area contributed by atoms with Crippen LogP contribution in [-0.2, 0) is 12.6 Å². The molecule has 0 saturated heterocycles. The molecule has 0 fully saturated rings. The summed E-state index contributed by atoms with van der Waals surface area (Å²) in [6.45, 7) is 0. The SMILES string of the molecule is COc1ccc(Cc2ccccc2CP)cc1. The van der Waals surface area contributed by atoms with Crippen molar-refractivity contribution in [3.8, 4) is 5.75 Å². The summed E-state index contributed by atoms with van der Waals surface area (Å²) < 4.78 is 5.16. The smallest absolute Gasteiger partial charge is 0.118 e. The van der Waals surface area contributed by atoms with E-state index in [1.807, 2.05) is 12.1 Å². The molecule has 0 N–H and O–H groups in total. The topological polar surface area (TPSA) is 9.23 Å². The first-order valence-electron chi connectivity index (χ1n) is 5.73. The average Bonchev–Trinajstić information content (AvgIpc) is 2.40. The Balaban J connectivity index is 2.19. The van der Waals surface area contributed by atoms with Gasteiger partial charge >= 0.3 is 0 Å². The maximum absolute atomic E-state index is 5.16. The second-order valence-corrected chi connectivity index (χ2v) is 4.41. The van der Waals surface area contributed by atoms with Gasteiger partial charge in [0.25, 0.3) is 0 Å². The van der Waals surface area contributed by atoms with Crippen molar-refractivity contribution in [1.29, 1.82) is 0 Å². The molecule has 1 unspecified atom stereocenters. The molecule has 0 aliphatic heterocycles. The summed E-state index contributed by atoms with van der Waals surface area (Å²) in [5.41, 5.74) is 4.11. The van der Waals surface area contributed by atoms with Gasteiger partial charge in [-0.05, 0) is 41.4 Å². The highest BCUT2D eigenvalue weighted by molar-refractivity contribution is 7.15. The normalized spacial score (nSPS) is 10.2. The van der Waals surface area contributed by atoms with Crippen molar-refractivity contribution in [2.24, 2.45) is 0 Å². The summed E-state index contributed by atoms with van der Waals surface area (Å²) in [5.74, 6) is 0.910. The lowest BCUT2D eigenvalue weighted by atomic mass is 10.0. The van der Waals surface area contributed by atoms with E-state index in [0.29, 0.717) is 0 Å². The second kappa shape index (κ2) is 5.84. The summed E-state index contributed by atoms with van der Waals surface area (Å²) in [6.07, 6.45) is 1.99. The number of benzene rings is 2. The molecule has 1 atom stereocenters. The molecule has 0 heterocycles. The molecule has 0 spiro atoms. The highest BCUT2D eigenvalue weighted by Crippen LogP contribution is 2.18. The van der Waals surface area contributed by atoms with Crippen molar-refractivity contribution in [1.82, 2.24) is 0 Å². The Labute approximate surface area is 105 Å². The van der Waals surface area contributed by atoms with Gasteiger partial charge in [-0.3, -0.25) is 0 Å². The lowest BCUT2D eigenvalue weighted by molar-refractivity contribution is 0.414. The van der Waals surface area contributed by atoms with Crippen LogP contribution in [0.2, 0.25) is 0 Å². The minimum Gasteiger partial charge on any atom is -0.497 e. The lowest BCUT2D eigenvalue weighted by Gasteiger charge is -2.08. The van der Waals surface area contributed by atoms with Crippen LogP contribution in [0.25, 0.3) is 0 Å². The van der Waals surface area contributed by atoms with E-state index in [1.54, 1.807) is 7.11 Å². The fourth-order valence-corrected chi connectivity index (χ4v) is 2.29. The number of ether oxygens (including phenoxy) is 1. The van der Waals surface area contributed by atoms with Gasteiger partial charge in [0.1, 0.15) is 5.75 Å². The van der Waals surface area contributed by atoms with Crippen LogP contribution in [0.15, 0.2) is 48.5 Å². The standard InChI is InChI=1S/C15H17OP/c1-16-15-8-6-12(7-9-15)10-13-4-2-3-5-14(13)11-17/h2-9H,10-11,17H2,1H3. The highest BCUT2D eigenvalue weighted by Gasteiger charge is 2.01. The summed E-state index contributed by atoms with van der Waals surface area (Å²) in [5, 5.41) is 0. The molecule has 17 heavy (non-hydrogen) atoms. The Morgan fingerprint density at radius 1 is 0.941 bits per heavy atom. The van der Waals surface area contributed by atoms with Crippen molar-refractivity contribution in [3.05, 3.63) is 65.2 Å². The minimum atomic E-state index is 0.910. The Hall–Kier alpha value is -1.33. The van der Waals surface area contributed by atoms with Gasteiger partial charge in [-0.1, -0.05) is 36.4 Å². The summed E-state index contributed by atoms with van der Waals surface area (Å²) in [7, 11) is 4.48. The van der Waals surface area contributed by atoms with Crippen molar-refractivity contribution in [2.75, 3.05) is 7.11 Å². The number of hydrogen-bond acceptors (Lipinski definition) is 1. The number of hydrogen-bond donors (Lipinski definition) is 0. The largest absolute Gasteiger partial charge is 0.497 e. The third-order valence-corrected chi connectivity index (χ3v) is 3.33. The first-order chi connectivity index (χ1) is 8.33. The van der Waals surface area contributed by atoms with Crippen LogP contribution in [0.4, 0.5) is 0 Å². The molecule has 0 aromatic heterocycles. The minimum absolute atomic E-state index is 0.910. The van der Waals surface area contributed by atoms with Gasteiger partial charge in [0, 0.05) is 0 Å². The van der Waals surface area contributed by atoms with Gasteiger partial charge in [-0.15, -0.1) is 9.24 Å². The molecular weight excluding hydrogens is 227 g/mol. The molecule has 2 rings (SSSR count). The monoisotopic (exact) mass is 244 g/mol. The third-order valence-electron chi connectivity index (χ3n) is 2.89. The van der Waals surface area contributed by atoms with E-state index in [4.69, 9.17) is 4.74 Å². The lowest BCUT2D eigenvalue weighted by Crippen LogP contribution is -1.93. The third kappa shape index (κ3) is 3.08. The van der Waals surface area contributed by atoms with Crippen molar-refractivity contribution < 1.29 is 4.74 Å². The summed E-state index contributed by atoms with van der Waals surface area (Å²) in [6, 6.07) is 16.9. The van der Waals surface area contributed by atoms with Gasteiger partial charge in [0.15, 0.2) is 0 Å². The molecule has 0 bridgehead atoms. The zero-order chi connectivity index (χ0) is 12.1. The second-order valence-electron chi connectivity index (χ2n) is 4.00. The average molecular weight is 244 g/mol. The zero-order valence-corrected chi connectivity index (χ0v) is 11.2. The van der Waals surface area contributed by atoms with Crippen LogP contribution in [0.3, 0.4) is 0 Å². The highest BCUT2D eigenvalue weighted by atomic mass is 31.0. The van der Waals surface area contributed by atoms with Gasteiger partial charge in [0.05, 0.1) is 7.11 Å². The van der Waals surface area contributed by atoms with Crippen LogP contribution < -0.4 is 4.74 Å². The molecule has 88 valence electrons. The van der Waals surface area contributed by atoms with E-state index >= 15 is 0 Å². The maximum Gasteiger partial charge on any atom is 0.118 e. The quantitative estimate of drug-likeness (QED) is 0.746.